The lowest BCUT2D eigenvalue weighted by Crippen LogP contribution is -2.37. The predicted octanol–water partition coefficient (Wildman–Crippen LogP) is 3.67. The van der Waals surface area contributed by atoms with Gasteiger partial charge in [-0.15, -0.1) is 0 Å². The second kappa shape index (κ2) is 8.89. The average molecular weight is 411 g/mol. The molecule has 1 aromatic carbocycles. The Morgan fingerprint density at radius 2 is 2.03 bits per heavy atom. The van der Waals surface area contributed by atoms with Gasteiger partial charge in [0.25, 0.3) is 0 Å². The fourth-order valence-corrected chi connectivity index (χ4v) is 3.71. The number of carbonyl (C=O) groups is 1. The summed E-state index contributed by atoms with van der Waals surface area (Å²) >= 11 is 0. The predicted molar refractivity (Wildman–Crippen MR) is 107 cm³/mol. The molecule has 30 heavy (non-hydrogen) atoms. The summed E-state index contributed by atoms with van der Waals surface area (Å²) in [5.41, 5.74) is 1.64. The Hall–Kier alpha value is -3.49. The number of rotatable bonds is 6. The minimum Gasteiger partial charge on any atom is -0.489 e. The van der Waals surface area contributed by atoms with E-state index in [4.69, 9.17) is 9.84 Å². The Kier molecular flexibility index (Phi) is 5.87. The summed E-state index contributed by atoms with van der Waals surface area (Å²) in [7, 11) is 0. The molecular formula is C21H22FN5O3. The Bertz CT molecular complexity index is 1020. The number of nitrogens with zero attached hydrogens (tertiary/aromatic N) is 4. The number of aromatic nitrogens is 4. The first-order valence-corrected chi connectivity index (χ1v) is 9.82. The van der Waals surface area contributed by atoms with Crippen LogP contribution in [0.4, 0.5) is 9.18 Å². The minimum absolute atomic E-state index is 0.0126. The highest BCUT2D eigenvalue weighted by Gasteiger charge is 2.23. The molecule has 1 fully saturated rings. The van der Waals surface area contributed by atoms with E-state index >= 15 is 0 Å². The van der Waals surface area contributed by atoms with Crippen LogP contribution in [0.2, 0.25) is 0 Å². The van der Waals surface area contributed by atoms with Crippen molar-refractivity contribution in [2.45, 2.75) is 31.7 Å². The number of halogens is 1. The maximum absolute atomic E-state index is 14.0. The van der Waals surface area contributed by atoms with Crippen LogP contribution in [0.15, 0.2) is 49.2 Å². The Balaban J connectivity index is 1.43. The van der Waals surface area contributed by atoms with Gasteiger partial charge in [-0.05, 0) is 43.7 Å². The fourth-order valence-electron chi connectivity index (χ4n) is 3.71. The van der Waals surface area contributed by atoms with Crippen LogP contribution >= 0.6 is 0 Å². The largest absolute Gasteiger partial charge is 0.489 e. The van der Waals surface area contributed by atoms with Crippen molar-refractivity contribution in [1.82, 2.24) is 25.1 Å². The van der Waals surface area contributed by atoms with E-state index in [-0.39, 0.29) is 11.9 Å². The number of benzene rings is 1. The van der Waals surface area contributed by atoms with Gasteiger partial charge in [0.2, 0.25) is 0 Å². The van der Waals surface area contributed by atoms with E-state index in [0.717, 1.165) is 25.7 Å². The van der Waals surface area contributed by atoms with Gasteiger partial charge in [0.05, 0.1) is 19.0 Å². The Labute approximate surface area is 172 Å². The maximum Gasteiger partial charge on any atom is 0.404 e. The molecule has 1 aliphatic carbocycles. The molecule has 8 nitrogen and oxygen atoms in total. The summed E-state index contributed by atoms with van der Waals surface area (Å²) in [6.45, 7) is 0.502. The summed E-state index contributed by atoms with van der Waals surface area (Å²) < 4.78 is 21.5. The van der Waals surface area contributed by atoms with Gasteiger partial charge in [0.1, 0.15) is 23.5 Å². The molecule has 1 amide bonds. The molecule has 0 unspecified atom stereocenters. The lowest BCUT2D eigenvalue weighted by atomic mass is 9.86. The minimum atomic E-state index is -0.975. The quantitative estimate of drug-likeness (QED) is 0.642. The van der Waals surface area contributed by atoms with Crippen LogP contribution in [0.3, 0.4) is 0 Å². The molecule has 1 aliphatic rings. The van der Waals surface area contributed by atoms with Crippen LogP contribution in [0.1, 0.15) is 25.7 Å². The highest BCUT2D eigenvalue weighted by Crippen LogP contribution is 2.30. The number of carboxylic acid groups (broad SMARTS) is 1. The van der Waals surface area contributed by atoms with E-state index in [1.54, 1.807) is 36.8 Å². The number of hydrogen-bond acceptors (Lipinski definition) is 5. The van der Waals surface area contributed by atoms with Crippen LogP contribution in [-0.4, -0.2) is 43.6 Å². The monoisotopic (exact) mass is 411 g/mol. The molecule has 156 valence electrons. The molecule has 0 bridgehead atoms. The zero-order valence-corrected chi connectivity index (χ0v) is 16.2. The summed E-state index contributed by atoms with van der Waals surface area (Å²) in [6, 6.07) is 6.43. The highest BCUT2D eigenvalue weighted by atomic mass is 19.1. The molecule has 2 heterocycles. The molecule has 1 saturated carbocycles. The number of nitrogens with one attached hydrogen (secondary N) is 1. The first-order chi connectivity index (χ1) is 14.6. The van der Waals surface area contributed by atoms with Gasteiger partial charge < -0.3 is 15.2 Å². The van der Waals surface area contributed by atoms with E-state index in [0.29, 0.717) is 35.2 Å². The van der Waals surface area contributed by atoms with Gasteiger partial charge in [-0.25, -0.2) is 23.8 Å². The van der Waals surface area contributed by atoms with E-state index < -0.39 is 6.09 Å². The third kappa shape index (κ3) is 4.56. The van der Waals surface area contributed by atoms with Crippen molar-refractivity contribution in [3.8, 4) is 22.7 Å². The van der Waals surface area contributed by atoms with Crippen LogP contribution in [-0.2, 0) is 0 Å². The first kappa shape index (κ1) is 19.8. The lowest BCUT2D eigenvalue weighted by Gasteiger charge is -2.28. The zero-order chi connectivity index (χ0) is 20.9. The summed E-state index contributed by atoms with van der Waals surface area (Å²) in [4.78, 5) is 19.2. The Morgan fingerprint density at radius 3 is 2.80 bits per heavy atom. The van der Waals surface area contributed by atoms with Crippen LogP contribution in [0, 0.1) is 11.7 Å². The van der Waals surface area contributed by atoms with E-state index in [1.807, 2.05) is 0 Å². The molecule has 0 spiro atoms. The number of para-hydroxylation sites is 1. The van der Waals surface area contributed by atoms with E-state index in [1.165, 1.54) is 17.1 Å². The van der Waals surface area contributed by atoms with E-state index in [9.17, 15) is 9.18 Å². The van der Waals surface area contributed by atoms with Crippen LogP contribution < -0.4 is 10.1 Å². The van der Waals surface area contributed by atoms with Crippen LogP contribution in [0.25, 0.3) is 16.9 Å². The normalized spacial score (nSPS) is 18.7. The summed E-state index contributed by atoms with van der Waals surface area (Å²) in [6.07, 6.45) is 8.77. The van der Waals surface area contributed by atoms with Gasteiger partial charge >= 0.3 is 6.09 Å². The molecule has 0 saturated heterocycles. The summed E-state index contributed by atoms with van der Waals surface area (Å²) in [5, 5.41) is 15.6. The molecule has 4 rings (SSSR count). The third-order valence-corrected chi connectivity index (χ3v) is 5.28. The maximum atomic E-state index is 14.0. The average Bonchev–Trinajstić information content (AvgIpc) is 3.23. The molecule has 9 heteroatoms. The van der Waals surface area contributed by atoms with Gasteiger partial charge in [-0.2, -0.15) is 5.10 Å². The molecule has 0 atom stereocenters. The number of hydrogen-bond donors (Lipinski definition) is 2. The van der Waals surface area contributed by atoms with Crippen molar-refractivity contribution >= 4 is 6.09 Å². The number of amides is 1. The standard InChI is InChI=1S/C21H22FN5O3/c22-17-3-1-2-4-18(17)27-11-15(9-25-27)20-19(10-23-13-24-20)30-12-14-5-7-16(8-6-14)26-21(28)29/h1-4,9-11,13-14,16,26H,5-8,12H2,(H,28,29). The SMILES string of the molecule is O=C(O)NC1CCC(COc2cncnc2-c2cnn(-c3ccccc3F)c2)CC1. The molecule has 2 N–H and O–H groups in total. The molecule has 0 radical (unpaired) electrons. The molecular weight excluding hydrogens is 389 g/mol. The topological polar surface area (TPSA) is 102 Å². The Morgan fingerprint density at radius 1 is 1.23 bits per heavy atom. The second-order valence-corrected chi connectivity index (χ2v) is 7.34. The van der Waals surface area contributed by atoms with Crippen molar-refractivity contribution in [1.29, 1.82) is 0 Å². The summed E-state index contributed by atoms with van der Waals surface area (Å²) in [5.74, 6) is 0.515. The van der Waals surface area contributed by atoms with Crippen molar-refractivity contribution < 1.29 is 19.0 Å². The number of ether oxygens (including phenoxy) is 1. The first-order valence-electron chi connectivity index (χ1n) is 9.82. The van der Waals surface area contributed by atoms with Gasteiger partial charge in [0.15, 0.2) is 5.75 Å². The van der Waals surface area contributed by atoms with Gasteiger partial charge in [-0.1, -0.05) is 12.1 Å². The zero-order valence-electron chi connectivity index (χ0n) is 16.2. The van der Waals surface area contributed by atoms with Gasteiger partial charge in [0, 0.05) is 17.8 Å². The van der Waals surface area contributed by atoms with E-state index in [2.05, 4.69) is 20.4 Å². The molecule has 0 aliphatic heterocycles. The van der Waals surface area contributed by atoms with Gasteiger partial charge in [-0.3, -0.25) is 0 Å². The van der Waals surface area contributed by atoms with Crippen molar-refractivity contribution in [2.24, 2.45) is 5.92 Å². The molecule has 2 aromatic heterocycles. The highest BCUT2D eigenvalue weighted by molar-refractivity contribution is 5.65. The smallest absolute Gasteiger partial charge is 0.404 e. The molecule has 3 aromatic rings. The third-order valence-electron chi connectivity index (χ3n) is 5.28. The van der Waals surface area contributed by atoms with Crippen LogP contribution in [0.5, 0.6) is 5.75 Å². The second-order valence-electron chi connectivity index (χ2n) is 7.34. The van der Waals surface area contributed by atoms with Crippen molar-refractivity contribution in [3.63, 3.8) is 0 Å². The lowest BCUT2D eigenvalue weighted by molar-refractivity contribution is 0.169. The fraction of sp³-hybridized carbons (Fsp3) is 0.333. The van der Waals surface area contributed by atoms with Crippen molar-refractivity contribution in [2.75, 3.05) is 6.61 Å². The van der Waals surface area contributed by atoms with Crippen molar-refractivity contribution in [3.05, 3.63) is 55.0 Å².